The van der Waals surface area contributed by atoms with Crippen LogP contribution in [-0.2, 0) is 17.6 Å². The predicted octanol–water partition coefficient (Wildman–Crippen LogP) is 2.94. The number of morpholine rings is 1. The number of hydrogen-bond donors (Lipinski definition) is 2. The number of ether oxygens (including phenoxy) is 1. The summed E-state index contributed by atoms with van der Waals surface area (Å²) in [4.78, 5) is 14.7. The van der Waals surface area contributed by atoms with E-state index in [-0.39, 0.29) is 12.1 Å². The molecule has 0 radical (unpaired) electrons. The van der Waals surface area contributed by atoms with Gasteiger partial charge in [0.15, 0.2) is 0 Å². The molecule has 0 spiro atoms. The molecule has 0 unspecified atom stereocenters. The Morgan fingerprint density at radius 2 is 2.12 bits per heavy atom. The number of nitrogens with one attached hydrogen (secondary N) is 1. The van der Waals surface area contributed by atoms with Crippen molar-refractivity contribution in [2.24, 2.45) is 0 Å². The number of aliphatic hydroxyl groups excluding tert-OH is 1. The minimum absolute atomic E-state index is 0.0921. The van der Waals surface area contributed by atoms with Crippen molar-refractivity contribution in [2.45, 2.75) is 38.3 Å². The van der Waals surface area contributed by atoms with Gasteiger partial charge in [-0.05, 0) is 48.8 Å². The van der Waals surface area contributed by atoms with Crippen molar-refractivity contribution >= 4 is 22.5 Å². The molecule has 2 amide bonds. The molecule has 132 valence electrons. The molecule has 1 aliphatic heterocycles. The van der Waals surface area contributed by atoms with Crippen molar-refractivity contribution < 1.29 is 14.6 Å². The first-order chi connectivity index (χ1) is 12.1. The molecule has 2 aliphatic rings. The number of carbonyl (C=O) groups excluding carboxylic acids is 1. The number of rotatable bonds is 3. The Kier molecular flexibility index (Phi) is 4.36. The van der Waals surface area contributed by atoms with E-state index in [2.05, 4.69) is 29.6 Å². The van der Waals surface area contributed by atoms with E-state index in [4.69, 9.17) is 4.74 Å². The number of urea groups is 1. The molecule has 0 aromatic heterocycles. The van der Waals surface area contributed by atoms with Crippen LogP contribution in [0.4, 0.5) is 10.5 Å². The summed E-state index contributed by atoms with van der Waals surface area (Å²) in [6.07, 6.45) is 2.21. The number of hydrogen-bond acceptors (Lipinski definition) is 3. The highest BCUT2D eigenvalue weighted by Gasteiger charge is 2.29. The number of amides is 2. The third-order valence-electron chi connectivity index (χ3n) is 5.22. The molecule has 4 rings (SSSR count). The molecule has 0 bridgehead atoms. The van der Waals surface area contributed by atoms with E-state index < -0.39 is 6.10 Å². The van der Waals surface area contributed by atoms with Gasteiger partial charge in [-0.3, -0.25) is 0 Å². The van der Waals surface area contributed by atoms with Crippen LogP contribution in [0.2, 0.25) is 0 Å². The van der Waals surface area contributed by atoms with Crippen LogP contribution in [0.1, 0.15) is 24.5 Å². The number of nitrogens with zero attached hydrogens (tertiary/aromatic N) is 1. The van der Waals surface area contributed by atoms with Crippen LogP contribution in [0, 0.1) is 0 Å². The van der Waals surface area contributed by atoms with Crippen molar-refractivity contribution in [1.29, 1.82) is 0 Å². The lowest BCUT2D eigenvalue weighted by atomic mass is 10.0. The molecular weight excluding hydrogens is 316 g/mol. The fraction of sp³-hybridized carbons (Fsp3) is 0.450. The van der Waals surface area contributed by atoms with Crippen molar-refractivity contribution in [3.63, 3.8) is 0 Å². The highest BCUT2D eigenvalue weighted by molar-refractivity contribution is 6.04. The third kappa shape index (κ3) is 3.10. The highest BCUT2D eigenvalue weighted by atomic mass is 16.5. The topological polar surface area (TPSA) is 61.8 Å². The summed E-state index contributed by atoms with van der Waals surface area (Å²) in [5, 5.41) is 15.2. The summed E-state index contributed by atoms with van der Waals surface area (Å²) < 4.78 is 5.49. The Balaban J connectivity index is 1.60. The molecule has 1 aliphatic carbocycles. The monoisotopic (exact) mass is 340 g/mol. The van der Waals surface area contributed by atoms with Crippen molar-refractivity contribution in [1.82, 2.24) is 4.90 Å². The van der Waals surface area contributed by atoms with Gasteiger partial charge < -0.3 is 20.1 Å². The first kappa shape index (κ1) is 16.4. The zero-order valence-electron chi connectivity index (χ0n) is 14.5. The SMILES string of the molecule is C[C@@H](O)C[C@@H]1COCCN1C(=O)Nc1ccc2c3c(cccc13)CC2. The van der Waals surface area contributed by atoms with Crippen LogP contribution in [0.5, 0.6) is 0 Å². The van der Waals surface area contributed by atoms with Gasteiger partial charge >= 0.3 is 6.03 Å². The van der Waals surface area contributed by atoms with Crippen LogP contribution in [0.15, 0.2) is 30.3 Å². The second kappa shape index (κ2) is 6.65. The predicted molar refractivity (Wildman–Crippen MR) is 98.0 cm³/mol. The van der Waals surface area contributed by atoms with Crippen molar-refractivity contribution in [2.75, 3.05) is 25.1 Å². The maximum atomic E-state index is 12.9. The van der Waals surface area contributed by atoms with Gasteiger partial charge in [0.1, 0.15) is 0 Å². The molecule has 2 N–H and O–H groups in total. The van der Waals surface area contributed by atoms with Crippen LogP contribution < -0.4 is 5.32 Å². The second-order valence-corrected chi connectivity index (χ2v) is 7.05. The minimum atomic E-state index is -0.459. The average molecular weight is 340 g/mol. The van der Waals surface area contributed by atoms with E-state index in [0.29, 0.717) is 26.2 Å². The number of benzene rings is 2. The molecule has 2 aromatic rings. The Morgan fingerprint density at radius 3 is 2.92 bits per heavy atom. The maximum Gasteiger partial charge on any atom is 0.322 e. The van der Waals surface area contributed by atoms with Crippen molar-refractivity contribution in [3.05, 3.63) is 41.5 Å². The minimum Gasteiger partial charge on any atom is -0.393 e. The van der Waals surface area contributed by atoms with E-state index in [0.717, 1.165) is 23.9 Å². The summed E-state index contributed by atoms with van der Waals surface area (Å²) in [5.41, 5.74) is 3.58. The smallest absolute Gasteiger partial charge is 0.322 e. The zero-order chi connectivity index (χ0) is 17.4. The zero-order valence-corrected chi connectivity index (χ0v) is 14.5. The van der Waals surface area contributed by atoms with Gasteiger partial charge in [0, 0.05) is 11.9 Å². The normalized spacial score (nSPS) is 20.7. The van der Waals surface area contributed by atoms with Gasteiger partial charge in [-0.25, -0.2) is 4.79 Å². The fourth-order valence-electron chi connectivity index (χ4n) is 4.05. The van der Waals surface area contributed by atoms with Crippen LogP contribution in [0.25, 0.3) is 10.8 Å². The maximum absolute atomic E-state index is 12.9. The number of aryl methyl sites for hydroxylation is 2. The van der Waals surface area contributed by atoms with Gasteiger partial charge in [0.2, 0.25) is 0 Å². The number of aliphatic hydroxyl groups is 1. The second-order valence-electron chi connectivity index (χ2n) is 7.05. The molecule has 5 heteroatoms. The average Bonchev–Trinajstić information content (AvgIpc) is 3.02. The summed E-state index contributed by atoms with van der Waals surface area (Å²) in [5.74, 6) is 0. The lowest BCUT2D eigenvalue weighted by Gasteiger charge is -2.36. The van der Waals surface area contributed by atoms with E-state index in [1.165, 1.54) is 16.5 Å². The van der Waals surface area contributed by atoms with E-state index in [1.807, 2.05) is 6.07 Å². The lowest BCUT2D eigenvalue weighted by molar-refractivity contribution is -0.00159. The molecule has 1 heterocycles. The van der Waals surface area contributed by atoms with Crippen molar-refractivity contribution in [3.8, 4) is 0 Å². The Bertz CT molecular complexity index is 793. The Labute approximate surface area is 147 Å². The summed E-state index contributed by atoms with van der Waals surface area (Å²) in [6, 6.07) is 10.2. The third-order valence-corrected chi connectivity index (χ3v) is 5.22. The Morgan fingerprint density at radius 1 is 1.32 bits per heavy atom. The van der Waals surface area contributed by atoms with Gasteiger partial charge in [-0.15, -0.1) is 0 Å². The molecule has 25 heavy (non-hydrogen) atoms. The Hall–Kier alpha value is -2.11. The first-order valence-corrected chi connectivity index (χ1v) is 9.00. The first-order valence-electron chi connectivity index (χ1n) is 9.00. The molecule has 5 nitrogen and oxygen atoms in total. The fourth-order valence-corrected chi connectivity index (χ4v) is 4.05. The van der Waals surface area contributed by atoms with Crippen LogP contribution in [0.3, 0.4) is 0 Å². The van der Waals surface area contributed by atoms with Crippen LogP contribution in [-0.4, -0.2) is 47.9 Å². The number of anilines is 1. The molecular formula is C20H24N2O3. The van der Waals surface area contributed by atoms with Gasteiger partial charge in [-0.1, -0.05) is 24.3 Å². The van der Waals surface area contributed by atoms with E-state index in [1.54, 1.807) is 11.8 Å². The van der Waals surface area contributed by atoms with Gasteiger partial charge in [-0.2, -0.15) is 0 Å². The van der Waals surface area contributed by atoms with Crippen LogP contribution >= 0.6 is 0 Å². The quantitative estimate of drug-likeness (QED) is 0.903. The molecule has 1 saturated heterocycles. The lowest BCUT2D eigenvalue weighted by Crippen LogP contribution is -2.51. The molecule has 1 fully saturated rings. The van der Waals surface area contributed by atoms with Gasteiger partial charge in [0.05, 0.1) is 31.0 Å². The highest BCUT2D eigenvalue weighted by Crippen LogP contribution is 2.35. The molecule has 0 saturated carbocycles. The van der Waals surface area contributed by atoms with E-state index in [9.17, 15) is 9.90 Å². The standard InChI is InChI=1S/C20H24N2O3/c1-13(23)11-16-12-25-10-9-22(16)20(24)21-18-8-7-15-6-5-14-3-2-4-17(18)19(14)15/h2-4,7-8,13,16,23H,5-6,9-12H2,1H3,(H,21,24)/t13-,16-/m1/s1. The van der Waals surface area contributed by atoms with Gasteiger partial charge in [0.25, 0.3) is 0 Å². The van der Waals surface area contributed by atoms with E-state index >= 15 is 0 Å². The largest absolute Gasteiger partial charge is 0.393 e. The summed E-state index contributed by atoms with van der Waals surface area (Å²) >= 11 is 0. The summed E-state index contributed by atoms with van der Waals surface area (Å²) in [6.45, 7) is 3.30. The number of carbonyl (C=O) groups is 1. The molecule has 2 atom stereocenters. The summed E-state index contributed by atoms with van der Waals surface area (Å²) in [7, 11) is 0. The molecule has 2 aromatic carbocycles.